The molecule has 1 rings (SSSR count). The second-order valence-electron chi connectivity index (χ2n) is 3.79. The van der Waals surface area contributed by atoms with E-state index in [4.69, 9.17) is 4.74 Å². The minimum absolute atomic E-state index is 0.581. The fourth-order valence-electron chi connectivity index (χ4n) is 1.12. The minimum Gasteiger partial charge on any atom is -0.493 e. The lowest BCUT2D eigenvalue weighted by molar-refractivity contribution is 0.271. The molecule has 0 aliphatic carbocycles. The standard InChI is InChI=1S/C12H17BrO/c1-10(2)9-14-12-5-3-11(4-6-12)7-8-13/h3-6,10H,7-9H2,1-2H3. The number of ether oxygens (including phenoxy) is 1. The molecule has 0 saturated heterocycles. The Hall–Kier alpha value is -0.500. The highest BCUT2D eigenvalue weighted by atomic mass is 79.9. The summed E-state index contributed by atoms with van der Waals surface area (Å²) in [5.41, 5.74) is 1.35. The van der Waals surface area contributed by atoms with Crippen molar-refractivity contribution in [2.45, 2.75) is 20.3 Å². The smallest absolute Gasteiger partial charge is 0.119 e. The van der Waals surface area contributed by atoms with Gasteiger partial charge in [-0.1, -0.05) is 41.9 Å². The average molecular weight is 257 g/mol. The highest BCUT2D eigenvalue weighted by Gasteiger charge is 1.97. The Morgan fingerprint density at radius 1 is 1.21 bits per heavy atom. The molecule has 0 aromatic heterocycles. The molecule has 0 saturated carbocycles. The minimum atomic E-state index is 0.581. The van der Waals surface area contributed by atoms with Crippen LogP contribution < -0.4 is 4.74 Å². The van der Waals surface area contributed by atoms with Gasteiger partial charge in [-0.25, -0.2) is 0 Å². The van der Waals surface area contributed by atoms with Gasteiger partial charge in [0.05, 0.1) is 6.61 Å². The fourth-order valence-corrected chi connectivity index (χ4v) is 1.58. The third-order valence-electron chi connectivity index (χ3n) is 1.89. The lowest BCUT2D eigenvalue weighted by atomic mass is 10.2. The van der Waals surface area contributed by atoms with Crippen LogP contribution in [0.15, 0.2) is 24.3 Å². The maximum Gasteiger partial charge on any atom is 0.119 e. The Morgan fingerprint density at radius 2 is 1.86 bits per heavy atom. The van der Waals surface area contributed by atoms with Crippen molar-refractivity contribution in [2.75, 3.05) is 11.9 Å². The van der Waals surface area contributed by atoms with Crippen molar-refractivity contribution in [3.8, 4) is 5.75 Å². The van der Waals surface area contributed by atoms with Gasteiger partial charge in [0.25, 0.3) is 0 Å². The first-order valence-electron chi connectivity index (χ1n) is 5.00. The van der Waals surface area contributed by atoms with Crippen LogP contribution in [-0.2, 0) is 6.42 Å². The van der Waals surface area contributed by atoms with Gasteiger partial charge in [0.1, 0.15) is 5.75 Å². The first-order chi connectivity index (χ1) is 6.72. The third-order valence-corrected chi connectivity index (χ3v) is 2.29. The van der Waals surface area contributed by atoms with E-state index < -0.39 is 0 Å². The van der Waals surface area contributed by atoms with Gasteiger partial charge in [0, 0.05) is 5.33 Å². The average Bonchev–Trinajstić information content (AvgIpc) is 2.17. The second kappa shape index (κ2) is 6.07. The number of hydrogen-bond acceptors (Lipinski definition) is 1. The normalized spacial score (nSPS) is 10.6. The second-order valence-corrected chi connectivity index (χ2v) is 4.58. The van der Waals surface area contributed by atoms with Crippen LogP contribution in [-0.4, -0.2) is 11.9 Å². The molecule has 78 valence electrons. The van der Waals surface area contributed by atoms with Gasteiger partial charge < -0.3 is 4.74 Å². The molecule has 0 amide bonds. The van der Waals surface area contributed by atoms with Crippen LogP contribution in [0.3, 0.4) is 0 Å². The van der Waals surface area contributed by atoms with Crippen LogP contribution in [0.2, 0.25) is 0 Å². The molecule has 0 radical (unpaired) electrons. The summed E-state index contributed by atoms with van der Waals surface area (Å²) in [4.78, 5) is 0. The maximum absolute atomic E-state index is 5.59. The molecule has 0 fully saturated rings. The third kappa shape index (κ3) is 4.14. The summed E-state index contributed by atoms with van der Waals surface area (Å²) in [5.74, 6) is 1.55. The fraction of sp³-hybridized carbons (Fsp3) is 0.500. The molecule has 14 heavy (non-hydrogen) atoms. The zero-order valence-electron chi connectivity index (χ0n) is 8.79. The van der Waals surface area contributed by atoms with E-state index >= 15 is 0 Å². The van der Waals surface area contributed by atoms with Crippen molar-refractivity contribution >= 4 is 15.9 Å². The molecule has 0 spiro atoms. The maximum atomic E-state index is 5.59. The van der Waals surface area contributed by atoms with Crippen LogP contribution in [0.25, 0.3) is 0 Å². The van der Waals surface area contributed by atoms with Crippen LogP contribution in [0.1, 0.15) is 19.4 Å². The van der Waals surface area contributed by atoms with Crippen molar-refractivity contribution in [3.63, 3.8) is 0 Å². The number of rotatable bonds is 5. The van der Waals surface area contributed by atoms with Crippen molar-refractivity contribution in [1.29, 1.82) is 0 Å². The van der Waals surface area contributed by atoms with Crippen LogP contribution in [0, 0.1) is 5.92 Å². The lowest BCUT2D eigenvalue weighted by Crippen LogP contribution is -2.04. The molecule has 0 bridgehead atoms. The summed E-state index contributed by atoms with van der Waals surface area (Å²) < 4.78 is 5.59. The molecule has 0 N–H and O–H groups in total. The number of halogens is 1. The van der Waals surface area contributed by atoms with Gasteiger partial charge >= 0.3 is 0 Å². The molecule has 0 heterocycles. The van der Waals surface area contributed by atoms with Gasteiger partial charge in [-0.05, 0) is 30.0 Å². The molecular weight excluding hydrogens is 240 g/mol. The molecule has 1 aromatic carbocycles. The summed E-state index contributed by atoms with van der Waals surface area (Å²) in [6.07, 6.45) is 1.07. The van der Waals surface area contributed by atoms with Crippen molar-refractivity contribution in [2.24, 2.45) is 5.92 Å². The number of aryl methyl sites for hydroxylation is 1. The van der Waals surface area contributed by atoms with Gasteiger partial charge in [-0.3, -0.25) is 0 Å². The SMILES string of the molecule is CC(C)COc1ccc(CCBr)cc1. The van der Waals surface area contributed by atoms with Crippen molar-refractivity contribution in [1.82, 2.24) is 0 Å². The van der Waals surface area contributed by atoms with Crippen LogP contribution in [0.5, 0.6) is 5.75 Å². The van der Waals surface area contributed by atoms with E-state index in [1.165, 1.54) is 5.56 Å². The number of benzene rings is 1. The Labute approximate surface area is 94.6 Å². The predicted octanol–water partition coefficient (Wildman–Crippen LogP) is 3.66. The molecule has 0 aliphatic rings. The zero-order chi connectivity index (χ0) is 10.4. The molecule has 2 heteroatoms. The van der Waals surface area contributed by atoms with Gasteiger partial charge in [0.15, 0.2) is 0 Å². The van der Waals surface area contributed by atoms with Crippen LogP contribution in [0.4, 0.5) is 0 Å². The topological polar surface area (TPSA) is 9.23 Å². The Kier molecular flexibility index (Phi) is 5.02. The van der Waals surface area contributed by atoms with E-state index in [2.05, 4.69) is 41.9 Å². The molecular formula is C12H17BrO. The van der Waals surface area contributed by atoms with Crippen LogP contribution >= 0.6 is 15.9 Å². The van der Waals surface area contributed by atoms with E-state index in [1.54, 1.807) is 0 Å². The summed E-state index contributed by atoms with van der Waals surface area (Å²) in [5, 5.41) is 1.01. The Morgan fingerprint density at radius 3 is 2.36 bits per heavy atom. The largest absolute Gasteiger partial charge is 0.493 e. The molecule has 0 aliphatic heterocycles. The molecule has 1 nitrogen and oxygen atoms in total. The van der Waals surface area contributed by atoms with Crippen molar-refractivity contribution in [3.05, 3.63) is 29.8 Å². The summed E-state index contributed by atoms with van der Waals surface area (Å²) in [6, 6.07) is 8.33. The monoisotopic (exact) mass is 256 g/mol. The predicted molar refractivity (Wildman–Crippen MR) is 64.3 cm³/mol. The number of alkyl halides is 1. The van der Waals surface area contributed by atoms with E-state index in [0.29, 0.717) is 5.92 Å². The summed E-state index contributed by atoms with van der Waals surface area (Å²) >= 11 is 3.42. The lowest BCUT2D eigenvalue weighted by Gasteiger charge is -2.08. The van der Waals surface area contributed by atoms with Crippen molar-refractivity contribution < 1.29 is 4.74 Å². The Balaban J connectivity index is 2.46. The van der Waals surface area contributed by atoms with E-state index in [0.717, 1.165) is 24.1 Å². The highest BCUT2D eigenvalue weighted by molar-refractivity contribution is 9.09. The number of hydrogen-bond donors (Lipinski definition) is 0. The van der Waals surface area contributed by atoms with E-state index in [9.17, 15) is 0 Å². The Bertz CT molecular complexity index is 254. The molecule has 0 unspecified atom stereocenters. The quantitative estimate of drug-likeness (QED) is 0.731. The summed E-state index contributed by atoms with van der Waals surface area (Å²) in [6.45, 7) is 5.09. The van der Waals surface area contributed by atoms with Gasteiger partial charge in [-0.15, -0.1) is 0 Å². The first kappa shape index (κ1) is 11.6. The molecule has 1 aromatic rings. The highest BCUT2D eigenvalue weighted by Crippen LogP contribution is 2.13. The zero-order valence-corrected chi connectivity index (χ0v) is 10.4. The van der Waals surface area contributed by atoms with Gasteiger partial charge in [0.2, 0.25) is 0 Å². The summed E-state index contributed by atoms with van der Waals surface area (Å²) in [7, 11) is 0. The van der Waals surface area contributed by atoms with E-state index in [-0.39, 0.29) is 0 Å². The first-order valence-corrected chi connectivity index (χ1v) is 6.12. The van der Waals surface area contributed by atoms with E-state index in [1.807, 2.05) is 12.1 Å². The molecule has 0 atom stereocenters. The van der Waals surface area contributed by atoms with Gasteiger partial charge in [-0.2, -0.15) is 0 Å².